The molecule has 0 aliphatic carbocycles. The number of ether oxygens (including phenoxy) is 1. The van der Waals surface area contributed by atoms with Gasteiger partial charge in [-0.3, -0.25) is 9.69 Å². The van der Waals surface area contributed by atoms with Crippen LogP contribution < -0.4 is 10.2 Å². The van der Waals surface area contributed by atoms with E-state index >= 15 is 0 Å². The van der Waals surface area contributed by atoms with E-state index in [1.165, 1.54) is 29.2 Å². The Morgan fingerprint density at radius 3 is 2.93 bits per heavy atom. The number of anilines is 1. The van der Waals surface area contributed by atoms with E-state index in [4.69, 9.17) is 9.94 Å². The molecule has 2 amide bonds. The van der Waals surface area contributed by atoms with Gasteiger partial charge in [0.1, 0.15) is 16.9 Å². The number of amides is 2. The highest BCUT2D eigenvalue weighted by Crippen LogP contribution is 2.31. The van der Waals surface area contributed by atoms with E-state index in [2.05, 4.69) is 20.7 Å². The second-order valence-electron chi connectivity index (χ2n) is 6.55. The number of nitrogens with one attached hydrogen (secondary N) is 1. The highest BCUT2D eigenvalue weighted by molar-refractivity contribution is 7.14. The first-order chi connectivity index (χ1) is 13.9. The number of aromatic nitrogens is 2. The molecule has 2 N–H and O–H groups in total. The number of rotatable bonds is 7. The standard InChI is InChI=1S/C18H20FN5O4S/c1-10(23-27)3-6-16-21-22-17(29-16)14-5-4-12(7-15(14)19)24-9-13(28-18(24)26)8-20-11(2)25/h4-5,7,13,27H,3,6,8-9H2,1-2H3,(H,20,25)/t13-/m0/s1. The molecule has 1 fully saturated rings. The van der Waals surface area contributed by atoms with Crippen molar-refractivity contribution in [3.8, 4) is 10.6 Å². The molecule has 1 aliphatic rings. The lowest BCUT2D eigenvalue weighted by molar-refractivity contribution is -0.119. The predicted molar refractivity (Wildman–Crippen MR) is 105 cm³/mol. The number of hydrogen-bond acceptors (Lipinski definition) is 8. The van der Waals surface area contributed by atoms with E-state index in [0.29, 0.717) is 34.3 Å². The summed E-state index contributed by atoms with van der Waals surface area (Å²) in [5, 5.41) is 23.6. The Bertz CT molecular complexity index is 948. The van der Waals surface area contributed by atoms with Crippen molar-refractivity contribution in [2.45, 2.75) is 32.8 Å². The van der Waals surface area contributed by atoms with Crippen molar-refractivity contribution in [2.24, 2.45) is 5.16 Å². The summed E-state index contributed by atoms with van der Waals surface area (Å²) in [6.07, 6.45) is -0.0105. The van der Waals surface area contributed by atoms with E-state index < -0.39 is 18.0 Å². The fraction of sp³-hybridized carbons (Fsp3) is 0.389. The molecule has 0 saturated carbocycles. The maximum Gasteiger partial charge on any atom is 0.414 e. The van der Waals surface area contributed by atoms with E-state index in [1.54, 1.807) is 19.1 Å². The number of oxime groups is 1. The van der Waals surface area contributed by atoms with Crippen LogP contribution in [0.3, 0.4) is 0 Å². The third-order valence-corrected chi connectivity index (χ3v) is 5.30. The van der Waals surface area contributed by atoms with Gasteiger partial charge in [-0.1, -0.05) is 16.5 Å². The van der Waals surface area contributed by atoms with E-state index in [0.717, 1.165) is 0 Å². The molecule has 1 aromatic carbocycles. The molecule has 11 heteroatoms. The molecule has 29 heavy (non-hydrogen) atoms. The van der Waals surface area contributed by atoms with Crippen molar-refractivity contribution in [2.75, 3.05) is 18.0 Å². The third kappa shape index (κ3) is 5.05. The lowest BCUT2D eigenvalue weighted by atomic mass is 10.2. The molecule has 154 valence electrons. The van der Waals surface area contributed by atoms with E-state index in [-0.39, 0.29) is 24.6 Å². The smallest absolute Gasteiger partial charge is 0.414 e. The molecule has 1 saturated heterocycles. The van der Waals surface area contributed by atoms with Gasteiger partial charge in [0.15, 0.2) is 5.01 Å². The molecule has 0 spiro atoms. The molecular formula is C18H20FN5O4S. The SMILES string of the molecule is CC(=O)NC[C@H]1CN(c2ccc(-c3nnc(CCC(C)=NO)s3)c(F)c2)C(=O)O1. The van der Waals surface area contributed by atoms with Crippen LogP contribution in [-0.2, 0) is 16.0 Å². The first kappa shape index (κ1) is 20.6. The fourth-order valence-corrected chi connectivity index (χ4v) is 3.61. The first-order valence-corrected chi connectivity index (χ1v) is 9.71. The Kier molecular flexibility index (Phi) is 6.37. The summed E-state index contributed by atoms with van der Waals surface area (Å²) >= 11 is 1.26. The van der Waals surface area contributed by atoms with Gasteiger partial charge in [-0.25, -0.2) is 9.18 Å². The minimum atomic E-state index is -0.591. The second kappa shape index (κ2) is 8.95. The highest BCUT2D eigenvalue weighted by atomic mass is 32.1. The van der Waals surface area contributed by atoms with Gasteiger partial charge < -0.3 is 15.3 Å². The molecule has 2 aromatic rings. The van der Waals surface area contributed by atoms with Crippen LogP contribution in [0.25, 0.3) is 10.6 Å². The topological polar surface area (TPSA) is 117 Å². The van der Waals surface area contributed by atoms with Gasteiger partial charge in [-0.2, -0.15) is 0 Å². The highest BCUT2D eigenvalue weighted by Gasteiger charge is 2.32. The molecule has 1 atom stereocenters. The van der Waals surface area contributed by atoms with Crippen LogP contribution in [0.2, 0.25) is 0 Å². The number of carbonyl (C=O) groups excluding carboxylic acids is 2. The minimum Gasteiger partial charge on any atom is -0.442 e. The summed E-state index contributed by atoms with van der Waals surface area (Å²) in [5.74, 6) is -0.749. The van der Waals surface area contributed by atoms with Gasteiger partial charge in [0.05, 0.1) is 24.5 Å². The largest absolute Gasteiger partial charge is 0.442 e. The van der Waals surface area contributed by atoms with Gasteiger partial charge in [-0.15, -0.1) is 10.2 Å². The van der Waals surface area contributed by atoms with Gasteiger partial charge in [0.25, 0.3) is 0 Å². The van der Waals surface area contributed by atoms with Crippen molar-refractivity contribution in [3.05, 3.63) is 29.0 Å². The molecule has 9 nitrogen and oxygen atoms in total. The molecule has 2 heterocycles. The van der Waals surface area contributed by atoms with Gasteiger partial charge in [-0.05, 0) is 31.5 Å². The van der Waals surface area contributed by atoms with Crippen LogP contribution in [0.15, 0.2) is 23.4 Å². The number of aryl methyl sites for hydroxylation is 1. The number of hydrogen-bond donors (Lipinski definition) is 2. The zero-order chi connectivity index (χ0) is 21.0. The van der Waals surface area contributed by atoms with Crippen LogP contribution in [0.4, 0.5) is 14.9 Å². The number of halogens is 1. The molecule has 0 bridgehead atoms. The van der Waals surface area contributed by atoms with Crippen LogP contribution in [0.5, 0.6) is 0 Å². The lowest BCUT2D eigenvalue weighted by Gasteiger charge is -2.14. The molecule has 3 rings (SSSR count). The Balaban J connectivity index is 1.70. The molecular weight excluding hydrogens is 401 g/mol. The Morgan fingerprint density at radius 1 is 1.45 bits per heavy atom. The molecule has 1 aliphatic heterocycles. The Labute approximate surface area is 170 Å². The number of benzene rings is 1. The minimum absolute atomic E-state index is 0.201. The van der Waals surface area contributed by atoms with Crippen molar-refractivity contribution < 1.29 is 23.9 Å². The summed E-state index contributed by atoms with van der Waals surface area (Å²) in [5.41, 5.74) is 1.22. The van der Waals surface area contributed by atoms with Crippen molar-refractivity contribution >= 4 is 34.7 Å². The summed E-state index contributed by atoms with van der Waals surface area (Å²) in [7, 11) is 0. The number of nitrogens with zero attached hydrogens (tertiary/aromatic N) is 4. The predicted octanol–water partition coefficient (Wildman–Crippen LogP) is 2.59. The summed E-state index contributed by atoms with van der Waals surface area (Å²) in [4.78, 5) is 24.4. The maximum absolute atomic E-state index is 14.7. The van der Waals surface area contributed by atoms with Gasteiger partial charge in [0, 0.05) is 18.9 Å². The first-order valence-electron chi connectivity index (χ1n) is 8.89. The van der Waals surface area contributed by atoms with E-state index in [9.17, 15) is 14.0 Å². The van der Waals surface area contributed by atoms with Crippen molar-refractivity contribution in [3.63, 3.8) is 0 Å². The number of carbonyl (C=O) groups is 2. The van der Waals surface area contributed by atoms with Crippen LogP contribution in [-0.4, -0.2) is 52.3 Å². The van der Waals surface area contributed by atoms with Crippen LogP contribution in [0.1, 0.15) is 25.3 Å². The molecule has 0 unspecified atom stereocenters. The average molecular weight is 421 g/mol. The monoisotopic (exact) mass is 421 g/mol. The summed E-state index contributed by atoms with van der Waals surface area (Å²) in [6, 6.07) is 4.41. The zero-order valence-electron chi connectivity index (χ0n) is 15.9. The fourth-order valence-electron chi connectivity index (χ4n) is 2.74. The second-order valence-corrected chi connectivity index (χ2v) is 7.62. The Morgan fingerprint density at radius 2 is 2.24 bits per heavy atom. The van der Waals surface area contributed by atoms with Gasteiger partial charge >= 0.3 is 6.09 Å². The van der Waals surface area contributed by atoms with E-state index in [1.807, 2.05) is 0 Å². The Hall–Kier alpha value is -3.08. The zero-order valence-corrected chi connectivity index (χ0v) is 16.7. The molecule has 1 aromatic heterocycles. The average Bonchev–Trinajstić information content (AvgIpc) is 3.30. The van der Waals surface area contributed by atoms with Crippen molar-refractivity contribution in [1.82, 2.24) is 15.5 Å². The van der Waals surface area contributed by atoms with Crippen LogP contribution in [0, 0.1) is 5.82 Å². The third-order valence-electron chi connectivity index (χ3n) is 4.29. The van der Waals surface area contributed by atoms with Crippen molar-refractivity contribution in [1.29, 1.82) is 0 Å². The lowest BCUT2D eigenvalue weighted by Crippen LogP contribution is -2.33. The van der Waals surface area contributed by atoms with Gasteiger partial charge in [0.2, 0.25) is 5.91 Å². The number of cyclic esters (lactones) is 1. The molecule has 0 radical (unpaired) electrons. The maximum atomic E-state index is 14.7. The normalized spacial score (nSPS) is 16.8. The summed E-state index contributed by atoms with van der Waals surface area (Å²) in [6.45, 7) is 3.49. The summed E-state index contributed by atoms with van der Waals surface area (Å²) < 4.78 is 19.9. The van der Waals surface area contributed by atoms with Crippen LogP contribution >= 0.6 is 11.3 Å². The quantitative estimate of drug-likeness (QED) is 0.403.